The summed E-state index contributed by atoms with van der Waals surface area (Å²) in [5.74, 6) is 1.69. The van der Waals surface area contributed by atoms with Gasteiger partial charge in [-0.05, 0) is 56.7 Å². The molecular formula is C19H31ClN2O3. The molecule has 0 aliphatic carbocycles. The van der Waals surface area contributed by atoms with Crippen molar-refractivity contribution in [1.29, 1.82) is 0 Å². The molecule has 2 N–H and O–H groups in total. The third-order valence-electron chi connectivity index (χ3n) is 4.66. The number of aryl methyl sites for hydroxylation is 1. The summed E-state index contributed by atoms with van der Waals surface area (Å²) in [5, 5.41) is 0. The second kappa shape index (κ2) is 10.5. The first-order valence-electron chi connectivity index (χ1n) is 8.81. The quantitative estimate of drug-likeness (QED) is 0.800. The summed E-state index contributed by atoms with van der Waals surface area (Å²) in [4.78, 5) is 14.5. The van der Waals surface area contributed by atoms with Gasteiger partial charge < -0.3 is 20.1 Å². The van der Waals surface area contributed by atoms with E-state index in [2.05, 4.69) is 6.07 Å². The number of nitrogens with two attached hydrogens (primary N) is 1. The van der Waals surface area contributed by atoms with Gasteiger partial charge in [0.25, 0.3) is 0 Å². The molecule has 1 aromatic carbocycles. The second-order valence-electron chi connectivity index (χ2n) is 6.65. The Morgan fingerprint density at radius 3 is 2.64 bits per heavy atom. The molecule has 2 unspecified atom stereocenters. The van der Waals surface area contributed by atoms with Crippen LogP contribution in [0.4, 0.5) is 0 Å². The number of piperidine rings is 1. The molecule has 1 aliphatic rings. The molecule has 0 saturated carbocycles. The van der Waals surface area contributed by atoms with Crippen molar-refractivity contribution in [2.45, 2.75) is 57.5 Å². The lowest BCUT2D eigenvalue weighted by Crippen LogP contribution is -2.45. The molecule has 142 valence electrons. The van der Waals surface area contributed by atoms with Crippen LogP contribution in [-0.2, 0) is 11.2 Å². The lowest BCUT2D eigenvalue weighted by molar-refractivity contribution is -0.135. The first kappa shape index (κ1) is 21.6. The molecule has 2 atom stereocenters. The predicted octanol–water partition coefficient (Wildman–Crippen LogP) is 3.18. The fourth-order valence-electron chi connectivity index (χ4n) is 3.39. The molecule has 1 heterocycles. The minimum Gasteiger partial charge on any atom is -0.493 e. The molecule has 6 heteroatoms. The van der Waals surface area contributed by atoms with Gasteiger partial charge in [-0.15, -0.1) is 12.4 Å². The Morgan fingerprint density at radius 2 is 2.00 bits per heavy atom. The van der Waals surface area contributed by atoms with Gasteiger partial charge in [-0.1, -0.05) is 6.07 Å². The Balaban J connectivity index is 0.00000312. The van der Waals surface area contributed by atoms with Gasteiger partial charge in [0, 0.05) is 25.0 Å². The van der Waals surface area contributed by atoms with Crippen LogP contribution in [0.5, 0.6) is 11.5 Å². The minimum absolute atomic E-state index is 0. The Kier molecular flexibility index (Phi) is 9.08. The van der Waals surface area contributed by atoms with Gasteiger partial charge in [-0.3, -0.25) is 4.79 Å². The third-order valence-corrected chi connectivity index (χ3v) is 4.66. The lowest BCUT2D eigenvalue weighted by atomic mass is 9.95. The zero-order valence-corrected chi connectivity index (χ0v) is 16.3. The van der Waals surface area contributed by atoms with Crippen LogP contribution >= 0.6 is 12.4 Å². The number of halogens is 1. The van der Waals surface area contributed by atoms with E-state index in [1.54, 1.807) is 14.2 Å². The van der Waals surface area contributed by atoms with E-state index >= 15 is 0 Å². The number of rotatable bonds is 7. The molecule has 1 fully saturated rings. The number of carbonyl (C=O) groups is 1. The Morgan fingerprint density at radius 1 is 1.28 bits per heavy atom. The van der Waals surface area contributed by atoms with Crippen molar-refractivity contribution in [3.63, 3.8) is 0 Å². The third kappa shape index (κ3) is 6.08. The summed E-state index contributed by atoms with van der Waals surface area (Å²) in [7, 11) is 3.29. The standard InChI is InChI=1S/C19H30N2O3.ClH/c1-14(20)12-19(22)21-11-5-4-6-16(21)9-7-15-8-10-17(23-2)18(13-15)24-3;/h8,10,13-14,16H,4-7,9,11-12,20H2,1-3H3;1H. The fraction of sp³-hybridized carbons (Fsp3) is 0.632. The average molecular weight is 371 g/mol. The number of hydrogen-bond acceptors (Lipinski definition) is 4. The summed E-state index contributed by atoms with van der Waals surface area (Å²) < 4.78 is 10.6. The van der Waals surface area contributed by atoms with Crippen LogP contribution in [0, 0.1) is 0 Å². The summed E-state index contributed by atoms with van der Waals surface area (Å²) in [5.41, 5.74) is 7.00. The lowest BCUT2D eigenvalue weighted by Gasteiger charge is -2.36. The van der Waals surface area contributed by atoms with Gasteiger partial charge >= 0.3 is 0 Å². The molecular weight excluding hydrogens is 340 g/mol. The van der Waals surface area contributed by atoms with Gasteiger partial charge in [-0.2, -0.15) is 0 Å². The highest BCUT2D eigenvalue weighted by molar-refractivity contribution is 5.85. The van der Waals surface area contributed by atoms with E-state index in [-0.39, 0.29) is 24.4 Å². The zero-order chi connectivity index (χ0) is 17.5. The largest absolute Gasteiger partial charge is 0.493 e. The molecule has 1 saturated heterocycles. The van der Waals surface area contributed by atoms with Gasteiger partial charge in [0.2, 0.25) is 5.91 Å². The van der Waals surface area contributed by atoms with Crippen LogP contribution in [0.25, 0.3) is 0 Å². The monoisotopic (exact) mass is 370 g/mol. The Bertz CT molecular complexity index is 551. The van der Waals surface area contributed by atoms with Crippen molar-refractivity contribution in [2.24, 2.45) is 5.73 Å². The number of amides is 1. The van der Waals surface area contributed by atoms with Crippen molar-refractivity contribution in [2.75, 3.05) is 20.8 Å². The summed E-state index contributed by atoms with van der Waals surface area (Å²) >= 11 is 0. The van der Waals surface area contributed by atoms with E-state index in [9.17, 15) is 4.79 Å². The smallest absolute Gasteiger partial charge is 0.224 e. The molecule has 5 nitrogen and oxygen atoms in total. The second-order valence-corrected chi connectivity index (χ2v) is 6.65. The molecule has 2 rings (SSSR count). The molecule has 25 heavy (non-hydrogen) atoms. The number of likely N-dealkylation sites (tertiary alicyclic amines) is 1. The summed E-state index contributed by atoms with van der Waals surface area (Å²) in [6, 6.07) is 6.27. The fourth-order valence-corrected chi connectivity index (χ4v) is 3.39. The zero-order valence-electron chi connectivity index (χ0n) is 15.5. The molecule has 1 aromatic rings. The maximum absolute atomic E-state index is 12.4. The van der Waals surface area contributed by atoms with Crippen molar-refractivity contribution in [3.05, 3.63) is 23.8 Å². The van der Waals surface area contributed by atoms with E-state index in [0.717, 1.165) is 43.7 Å². The van der Waals surface area contributed by atoms with E-state index < -0.39 is 0 Å². The highest BCUT2D eigenvalue weighted by Gasteiger charge is 2.26. The van der Waals surface area contributed by atoms with E-state index in [1.165, 1.54) is 12.0 Å². The minimum atomic E-state index is -0.0778. The normalized spacial score (nSPS) is 18.2. The maximum atomic E-state index is 12.4. The van der Waals surface area contributed by atoms with Gasteiger partial charge in [0.05, 0.1) is 14.2 Å². The average Bonchev–Trinajstić information content (AvgIpc) is 2.59. The molecule has 0 spiro atoms. The van der Waals surface area contributed by atoms with Crippen molar-refractivity contribution < 1.29 is 14.3 Å². The first-order chi connectivity index (χ1) is 11.5. The number of ether oxygens (including phenoxy) is 2. The highest BCUT2D eigenvalue weighted by atomic mass is 35.5. The Labute approximate surface area is 157 Å². The summed E-state index contributed by atoms with van der Waals surface area (Å²) in [6.07, 6.45) is 5.70. The van der Waals surface area contributed by atoms with Crippen LogP contribution in [0.1, 0.15) is 44.6 Å². The van der Waals surface area contributed by atoms with Gasteiger partial charge in [0.1, 0.15) is 0 Å². The number of benzene rings is 1. The van der Waals surface area contributed by atoms with Crippen LogP contribution in [0.15, 0.2) is 18.2 Å². The highest BCUT2D eigenvalue weighted by Crippen LogP contribution is 2.29. The number of carbonyl (C=O) groups excluding carboxylic acids is 1. The van der Waals surface area contributed by atoms with Crippen LogP contribution < -0.4 is 15.2 Å². The van der Waals surface area contributed by atoms with E-state index in [0.29, 0.717) is 12.5 Å². The van der Waals surface area contributed by atoms with E-state index in [1.807, 2.05) is 24.0 Å². The van der Waals surface area contributed by atoms with Gasteiger partial charge in [-0.25, -0.2) is 0 Å². The topological polar surface area (TPSA) is 64.8 Å². The molecule has 1 amide bonds. The van der Waals surface area contributed by atoms with Crippen molar-refractivity contribution >= 4 is 18.3 Å². The molecule has 1 aliphatic heterocycles. The molecule has 0 radical (unpaired) electrons. The van der Waals surface area contributed by atoms with Crippen LogP contribution in [0.2, 0.25) is 0 Å². The molecule has 0 bridgehead atoms. The number of methoxy groups -OCH3 is 2. The SMILES string of the molecule is COc1ccc(CCC2CCCCN2C(=O)CC(C)N)cc1OC.Cl. The number of nitrogens with zero attached hydrogens (tertiary/aromatic N) is 1. The maximum Gasteiger partial charge on any atom is 0.224 e. The first-order valence-corrected chi connectivity index (χ1v) is 8.81. The Hall–Kier alpha value is -1.46. The van der Waals surface area contributed by atoms with Crippen molar-refractivity contribution in [3.8, 4) is 11.5 Å². The van der Waals surface area contributed by atoms with E-state index in [4.69, 9.17) is 15.2 Å². The molecule has 0 aromatic heterocycles. The van der Waals surface area contributed by atoms with Gasteiger partial charge in [0.15, 0.2) is 11.5 Å². The van der Waals surface area contributed by atoms with Crippen molar-refractivity contribution in [1.82, 2.24) is 4.90 Å². The van der Waals surface area contributed by atoms with Crippen LogP contribution in [-0.4, -0.2) is 43.7 Å². The summed E-state index contributed by atoms with van der Waals surface area (Å²) in [6.45, 7) is 2.75. The predicted molar refractivity (Wildman–Crippen MR) is 103 cm³/mol. The van der Waals surface area contributed by atoms with Crippen LogP contribution in [0.3, 0.4) is 0 Å². The number of hydrogen-bond donors (Lipinski definition) is 1.